The second-order valence-corrected chi connectivity index (χ2v) is 5.48. The molecule has 0 aliphatic rings. The first-order valence-corrected chi connectivity index (χ1v) is 5.53. The maximum absolute atomic E-state index is 11.7. The van der Waals surface area contributed by atoms with Crippen LogP contribution in [-0.2, 0) is 4.79 Å². The molecule has 0 saturated carbocycles. The molecule has 0 aliphatic heterocycles. The number of hydrogen-bond acceptors (Lipinski definition) is 1. The highest BCUT2D eigenvalue weighted by molar-refractivity contribution is 5.77. The number of amides is 1. The Labute approximate surface area is 88.5 Å². The van der Waals surface area contributed by atoms with Gasteiger partial charge in [0.15, 0.2) is 0 Å². The normalized spacial score (nSPS) is 12.7. The third-order valence-electron chi connectivity index (χ3n) is 2.96. The highest BCUT2D eigenvalue weighted by Gasteiger charge is 2.23. The van der Waals surface area contributed by atoms with Gasteiger partial charge in [-0.15, -0.1) is 0 Å². The van der Waals surface area contributed by atoms with E-state index in [0.29, 0.717) is 6.42 Å². The maximum atomic E-state index is 11.7. The molecule has 14 heavy (non-hydrogen) atoms. The molecule has 0 unspecified atom stereocenters. The quantitative estimate of drug-likeness (QED) is 0.724. The van der Waals surface area contributed by atoms with Gasteiger partial charge in [-0.2, -0.15) is 0 Å². The van der Waals surface area contributed by atoms with Gasteiger partial charge in [-0.05, 0) is 25.7 Å². The number of rotatable bonds is 5. The molecular formula is C12H25NO. The average molecular weight is 199 g/mol. The summed E-state index contributed by atoms with van der Waals surface area (Å²) >= 11 is 0. The molecule has 0 saturated heterocycles. The molecule has 0 aliphatic carbocycles. The lowest BCUT2D eigenvalue weighted by atomic mass is 9.86. The Morgan fingerprint density at radius 3 is 1.93 bits per heavy atom. The van der Waals surface area contributed by atoms with Crippen molar-refractivity contribution in [3.05, 3.63) is 0 Å². The zero-order valence-electron chi connectivity index (χ0n) is 10.5. The molecule has 0 aromatic heterocycles. The molecule has 0 atom stereocenters. The Hall–Kier alpha value is -0.530. The van der Waals surface area contributed by atoms with E-state index in [9.17, 15) is 4.79 Å². The van der Waals surface area contributed by atoms with Gasteiger partial charge in [0.2, 0.25) is 5.91 Å². The van der Waals surface area contributed by atoms with Crippen molar-refractivity contribution in [1.82, 2.24) is 5.32 Å². The van der Waals surface area contributed by atoms with Crippen LogP contribution >= 0.6 is 0 Å². The largest absolute Gasteiger partial charge is 0.351 e. The van der Waals surface area contributed by atoms with Gasteiger partial charge in [0.1, 0.15) is 0 Å². The monoisotopic (exact) mass is 199 g/mol. The first kappa shape index (κ1) is 13.5. The van der Waals surface area contributed by atoms with Crippen LogP contribution in [0.3, 0.4) is 0 Å². The summed E-state index contributed by atoms with van der Waals surface area (Å²) in [6.45, 7) is 12.6. The van der Waals surface area contributed by atoms with Crippen LogP contribution in [0.15, 0.2) is 0 Å². The molecule has 0 spiro atoms. The van der Waals surface area contributed by atoms with Crippen LogP contribution in [0.1, 0.15) is 60.8 Å². The lowest BCUT2D eigenvalue weighted by molar-refractivity contribution is -0.124. The van der Waals surface area contributed by atoms with E-state index in [4.69, 9.17) is 0 Å². The van der Waals surface area contributed by atoms with Crippen molar-refractivity contribution in [2.45, 2.75) is 66.3 Å². The van der Waals surface area contributed by atoms with Gasteiger partial charge < -0.3 is 5.32 Å². The molecule has 2 nitrogen and oxygen atoms in total. The van der Waals surface area contributed by atoms with Crippen molar-refractivity contribution in [2.24, 2.45) is 5.41 Å². The summed E-state index contributed by atoms with van der Waals surface area (Å²) in [5, 5.41) is 3.06. The van der Waals surface area contributed by atoms with Crippen LogP contribution in [0, 0.1) is 5.41 Å². The predicted octanol–water partition coefficient (Wildman–Crippen LogP) is 3.12. The fourth-order valence-corrected chi connectivity index (χ4v) is 1.07. The predicted molar refractivity (Wildman–Crippen MR) is 61.2 cm³/mol. The Kier molecular flexibility index (Phi) is 4.63. The summed E-state index contributed by atoms with van der Waals surface area (Å²) in [5.41, 5.74) is 0.0504. The standard InChI is InChI=1S/C12H25NO/c1-7-11(3,4)9-10(14)13-12(5,6)8-2/h7-9H2,1-6H3,(H,13,14). The highest BCUT2D eigenvalue weighted by Crippen LogP contribution is 2.24. The summed E-state index contributed by atoms with van der Waals surface area (Å²) < 4.78 is 0. The van der Waals surface area contributed by atoms with E-state index in [0.717, 1.165) is 12.8 Å². The number of nitrogens with one attached hydrogen (secondary N) is 1. The molecule has 0 bridgehead atoms. The van der Waals surface area contributed by atoms with Gasteiger partial charge >= 0.3 is 0 Å². The summed E-state index contributed by atoms with van der Waals surface area (Å²) in [7, 11) is 0. The average Bonchev–Trinajstić information content (AvgIpc) is 2.02. The van der Waals surface area contributed by atoms with Gasteiger partial charge in [0, 0.05) is 12.0 Å². The van der Waals surface area contributed by atoms with Crippen molar-refractivity contribution in [2.75, 3.05) is 0 Å². The number of hydrogen-bond donors (Lipinski definition) is 1. The minimum Gasteiger partial charge on any atom is -0.351 e. The van der Waals surface area contributed by atoms with Crippen molar-refractivity contribution >= 4 is 5.91 Å². The minimum atomic E-state index is -0.0685. The van der Waals surface area contributed by atoms with Crippen LogP contribution in [0.25, 0.3) is 0 Å². The second-order valence-electron chi connectivity index (χ2n) is 5.48. The van der Waals surface area contributed by atoms with E-state index in [1.165, 1.54) is 0 Å². The Balaban J connectivity index is 4.12. The third-order valence-corrected chi connectivity index (χ3v) is 2.96. The van der Waals surface area contributed by atoms with Gasteiger partial charge in [-0.3, -0.25) is 4.79 Å². The van der Waals surface area contributed by atoms with Crippen LogP contribution in [0.2, 0.25) is 0 Å². The van der Waals surface area contributed by atoms with Crippen molar-refractivity contribution in [3.63, 3.8) is 0 Å². The van der Waals surface area contributed by atoms with Crippen molar-refractivity contribution < 1.29 is 4.79 Å². The molecule has 1 amide bonds. The zero-order chi connectivity index (χ0) is 11.4. The second kappa shape index (κ2) is 4.81. The first-order valence-electron chi connectivity index (χ1n) is 5.53. The van der Waals surface area contributed by atoms with Gasteiger partial charge in [0.25, 0.3) is 0 Å². The van der Waals surface area contributed by atoms with E-state index in [1.807, 2.05) is 0 Å². The molecule has 0 heterocycles. The van der Waals surface area contributed by atoms with Crippen LogP contribution < -0.4 is 5.32 Å². The molecule has 0 radical (unpaired) electrons. The van der Waals surface area contributed by atoms with Gasteiger partial charge in [0.05, 0.1) is 0 Å². The maximum Gasteiger partial charge on any atom is 0.220 e. The molecule has 0 aromatic rings. The molecule has 2 heteroatoms. The number of carbonyl (C=O) groups excluding carboxylic acids is 1. The Morgan fingerprint density at radius 1 is 1.07 bits per heavy atom. The molecule has 0 aromatic carbocycles. The summed E-state index contributed by atoms with van der Waals surface area (Å²) in [4.78, 5) is 11.7. The number of carbonyl (C=O) groups is 1. The highest BCUT2D eigenvalue weighted by atomic mass is 16.1. The summed E-state index contributed by atoms with van der Waals surface area (Å²) in [6, 6.07) is 0. The zero-order valence-corrected chi connectivity index (χ0v) is 10.5. The van der Waals surface area contributed by atoms with E-state index >= 15 is 0 Å². The van der Waals surface area contributed by atoms with Gasteiger partial charge in [-0.25, -0.2) is 0 Å². The van der Waals surface area contributed by atoms with Crippen LogP contribution in [0.4, 0.5) is 0 Å². The third kappa shape index (κ3) is 5.25. The van der Waals surface area contributed by atoms with E-state index in [1.54, 1.807) is 0 Å². The van der Waals surface area contributed by atoms with Crippen molar-refractivity contribution in [1.29, 1.82) is 0 Å². The molecule has 1 N–H and O–H groups in total. The van der Waals surface area contributed by atoms with E-state index in [-0.39, 0.29) is 16.9 Å². The van der Waals surface area contributed by atoms with E-state index < -0.39 is 0 Å². The first-order chi connectivity index (χ1) is 6.22. The topological polar surface area (TPSA) is 29.1 Å². The Morgan fingerprint density at radius 2 is 1.57 bits per heavy atom. The summed E-state index contributed by atoms with van der Waals surface area (Å²) in [5.74, 6) is 0.170. The summed E-state index contributed by atoms with van der Waals surface area (Å²) in [6.07, 6.45) is 2.62. The molecule has 0 rings (SSSR count). The van der Waals surface area contributed by atoms with Crippen LogP contribution in [-0.4, -0.2) is 11.4 Å². The molecular weight excluding hydrogens is 174 g/mol. The lowest BCUT2D eigenvalue weighted by Crippen LogP contribution is -2.44. The SMILES string of the molecule is CCC(C)(C)CC(=O)NC(C)(C)CC. The molecule has 0 fully saturated rings. The van der Waals surface area contributed by atoms with Gasteiger partial charge in [-0.1, -0.05) is 34.1 Å². The van der Waals surface area contributed by atoms with E-state index in [2.05, 4.69) is 46.9 Å². The fourth-order valence-electron chi connectivity index (χ4n) is 1.07. The Bertz CT molecular complexity index is 174. The molecule has 84 valence electrons. The smallest absolute Gasteiger partial charge is 0.220 e. The fraction of sp³-hybridized carbons (Fsp3) is 0.917. The lowest BCUT2D eigenvalue weighted by Gasteiger charge is -2.28. The van der Waals surface area contributed by atoms with Crippen LogP contribution in [0.5, 0.6) is 0 Å². The minimum absolute atomic E-state index is 0.0685. The van der Waals surface area contributed by atoms with Crippen molar-refractivity contribution in [3.8, 4) is 0 Å².